The SMILES string of the molecule is CN1CCCC1c1cnc(Cl)c(O)c1. The van der Waals surface area contributed by atoms with Crippen molar-refractivity contribution in [1.29, 1.82) is 0 Å². The van der Waals surface area contributed by atoms with Gasteiger partial charge in [-0.3, -0.25) is 4.90 Å². The average molecular weight is 213 g/mol. The molecule has 4 heteroatoms. The van der Waals surface area contributed by atoms with Crippen LogP contribution in [0, 0.1) is 0 Å². The zero-order chi connectivity index (χ0) is 10.1. The van der Waals surface area contributed by atoms with Crippen molar-refractivity contribution < 1.29 is 5.11 Å². The normalized spacial score (nSPS) is 22.9. The summed E-state index contributed by atoms with van der Waals surface area (Å²) in [6.07, 6.45) is 4.07. The Hall–Kier alpha value is -0.800. The van der Waals surface area contributed by atoms with Crippen LogP contribution in [0.25, 0.3) is 0 Å². The molecule has 2 heterocycles. The molecule has 1 atom stereocenters. The van der Waals surface area contributed by atoms with Gasteiger partial charge in [-0.1, -0.05) is 11.6 Å². The summed E-state index contributed by atoms with van der Waals surface area (Å²) in [7, 11) is 2.09. The third-order valence-corrected chi connectivity index (χ3v) is 3.04. The third-order valence-electron chi connectivity index (χ3n) is 2.75. The molecule has 1 aromatic heterocycles. The van der Waals surface area contributed by atoms with Gasteiger partial charge in [0.1, 0.15) is 0 Å². The first-order chi connectivity index (χ1) is 6.68. The van der Waals surface area contributed by atoms with Crippen LogP contribution in [-0.2, 0) is 0 Å². The zero-order valence-electron chi connectivity index (χ0n) is 8.07. The van der Waals surface area contributed by atoms with Crippen molar-refractivity contribution in [3.8, 4) is 5.75 Å². The highest BCUT2D eigenvalue weighted by Crippen LogP contribution is 2.32. The average Bonchev–Trinajstić information content (AvgIpc) is 2.57. The Morgan fingerprint density at radius 3 is 3.00 bits per heavy atom. The highest BCUT2D eigenvalue weighted by Gasteiger charge is 2.23. The van der Waals surface area contributed by atoms with Gasteiger partial charge in [-0.2, -0.15) is 0 Å². The fourth-order valence-electron chi connectivity index (χ4n) is 1.97. The van der Waals surface area contributed by atoms with Crippen molar-refractivity contribution in [2.24, 2.45) is 0 Å². The molecule has 0 bridgehead atoms. The summed E-state index contributed by atoms with van der Waals surface area (Å²) in [5.41, 5.74) is 1.05. The van der Waals surface area contributed by atoms with Gasteiger partial charge in [0.2, 0.25) is 0 Å². The predicted molar refractivity (Wildman–Crippen MR) is 55.5 cm³/mol. The quantitative estimate of drug-likeness (QED) is 0.726. The molecule has 0 aromatic carbocycles. The number of hydrogen-bond donors (Lipinski definition) is 1. The lowest BCUT2D eigenvalue weighted by Gasteiger charge is -2.19. The van der Waals surface area contributed by atoms with Crippen molar-refractivity contribution in [2.45, 2.75) is 18.9 Å². The van der Waals surface area contributed by atoms with Crippen LogP contribution in [0.5, 0.6) is 5.75 Å². The molecule has 3 nitrogen and oxygen atoms in total. The maximum atomic E-state index is 9.43. The van der Waals surface area contributed by atoms with Crippen molar-refractivity contribution in [3.63, 3.8) is 0 Å². The number of nitrogens with zero attached hydrogens (tertiary/aromatic N) is 2. The van der Waals surface area contributed by atoms with Crippen LogP contribution in [0.3, 0.4) is 0 Å². The minimum absolute atomic E-state index is 0.0736. The van der Waals surface area contributed by atoms with E-state index in [2.05, 4.69) is 16.9 Å². The van der Waals surface area contributed by atoms with E-state index in [0.717, 1.165) is 18.5 Å². The Balaban J connectivity index is 2.28. The van der Waals surface area contributed by atoms with Gasteiger partial charge >= 0.3 is 0 Å². The molecule has 1 aliphatic heterocycles. The second-order valence-corrected chi connectivity index (χ2v) is 4.08. The van der Waals surface area contributed by atoms with E-state index in [9.17, 15) is 5.11 Å². The van der Waals surface area contributed by atoms with E-state index >= 15 is 0 Å². The smallest absolute Gasteiger partial charge is 0.170 e. The minimum atomic E-state index is 0.0736. The molecule has 0 saturated carbocycles. The van der Waals surface area contributed by atoms with E-state index < -0.39 is 0 Å². The lowest BCUT2D eigenvalue weighted by molar-refractivity contribution is 0.316. The lowest BCUT2D eigenvalue weighted by Crippen LogP contribution is -2.17. The molecule has 76 valence electrons. The van der Waals surface area contributed by atoms with Crippen molar-refractivity contribution in [3.05, 3.63) is 23.0 Å². The second-order valence-electron chi connectivity index (χ2n) is 3.72. The van der Waals surface area contributed by atoms with Crippen LogP contribution in [0.4, 0.5) is 0 Å². The summed E-state index contributed by atoms with van der Waals surface area (Å²) in [6, 6.07) is 2.09. The Bertz CT molecular complexity index is 343. The summed E-state index contributed by atoms with van der Waals surface area (Å²) >= 11 is 5.65. The van der Waals surface area contributed by atoms with Crippen LogP contribution in [0.15, 0.2) is 12.3 Å². The fraction of sp³-hybridized carbons (Fsp3) is 0.500. The fourth-order valence-corrected chi connectivity index (χ4v) is 2.07. The Labute approximate surface area is 88.3 Å². The monoisotopic (exact) mass is 212 g/mol. The van der Waals surface area contributed by atoms with Crippen molar-refractivity contribution >= 4 is 11.6 Å². The first-order valence-electron chi connectivity index (χ1n) is 4.73. The number of pyridine rings is 1. The number of aromatic hydroxyl groups is 1. The molecule has 1 fully saturated rings. The van der Waals surface area contributed by atoms with Gasteiger partial charge in [-0.25, -0.2) is 4.98 Å². The number of likely N-dealkylation sites (tertiary alicyclic amines) is 1. The lowest BCUT2D eigenvalue weighted by atomic mass is 10.1. The summed E-state index contributed by atoms with van der Waals surface area (Å²) in [5.74, 6) is 0.0736. The molecule has 0 amide bonds. The molecule has 1 aliphatic rings. The summed E-state index contributed by atoms with van der Waals surface area (Å²) < 4.78 is 0. The molecular formula is C10H13ClN2O. The van der Waals surface area contributed by atoms with Gasteiger partial charge in [0.25, 0.3) is 0 Å². The molecule has 0 radical (unpaired) electrons. The van der Waals surface area contributed by atoms with E-state index in [1.165, 1.54) is 6.42 Å². The molecule has 1 saturated heterocycles. The van der Waals surface area contributed by atoms with Crippen LogP contribution >= 0.6 is 11.6 Å². The highest BCUT2D eigenvalue weighted by molar-refractivity contribution is 6.30. The van der Waals surface area contributed by atoms with Gasteiger partial charge in [0.15, 0.2) is 10.9 Å². The zero-order valence-corrected chi connectivity index (χ0v) is 8.83. The molecule has 1 N–H and O–H groups in total. The minimum Gasteiger partial charge on any atom is -0.505 e. The molecule has 0 spiro atoms. The van der Waals surface area contributed by atoms with Crippen LogP contribution in [-0.4, -0.2) is 28.6 Å². The maximum Gasteiger partial charge on any atom is 0.170 e. The molecule has 14 heavy (non-hydrogen) atoms. The molecular weight excluding hydrogens is 200 g/mol. The largest absolute Gasteiger partial charge is 0.505 e. The third kappa shape index (κ3) is 1.70. The summed E-state index contributed by atoms with van der Waals surface area (Å²) in [5, 5.41) is 9.61. The molecule has 0 aliphatic carbocycles. The summed E-state index contributed by atoms with van der Waals surface area (Å²) in [4.78, 5) is 6.21. The Kier molecular flexibility index (Phi) is 2.61. The Morgan fingerprint density at radius 2 is 2.43 bits per heavy atom. The Morgan fingerprint density at radius 1 is 1.64 bits per heavy atom. The molecule has 1 aromatic rings. The molecule has 2 rings (SSSR count). The van der Waals surface area contributed by atoms with Crippen molar-refractivity contribution in [2.75, 3.05) is 13.6 Å². The number of rotatable bonds is 1. The first kappa shape index (κ1) is 9.74. The second kappa shape index (κ2) is 3.75. The van der Waals surface area contributed by atoms with E-state index in [0.29, 0.717) is 6.04 Å². The number of hydrogen-bond acceptors (Lipinski definition) is 3. The highest BCUT2D eigenvalue weighted by atomic mass is 35.5. The van der Waals surface area contributed by atoms with E-state index in [1.54, 1.807) is 12.3 Å². The van der Waals surface area contributed by atoms with E-state index in [1.807, 2.05) is 0 Å². The van der Waals surface area contributed by atoms with Gasteiger partial charge in [-0.05, 0) is 38.1 Å². The van der Waals surface area contributed by atoms with Gasteiger partial charge < -0.3 is 5.11 Å². The molecule has 1 unspecified atom stereocenters. The van der Waals surface area contributed by atoms with Crippen molar-refractivity contribution in [1.82, 2.24) is 9.88 Å². The van der Waals surface area contributed by atoms with E-state index in [-0.39, 0.29) is 10.9 Å². The standard InChI is InChI=1S/C10H13ClN2O/c1-13-4-2-3-8(13)7-5-9(14)10(11)12-6-7/h5-6,8,14H,2-4H2,1H3. The number of aromatic nitrogens is 1. The number of halogens is 1. The topological polar surface area (TPSA) is 36.4 Å². The summed E-state index contributed by atoms with van der Waals surface area (Å²) in [6.45, 7) is 1.11. The van der Waals surface area contributed by atoms with Crippen LogP contribution in [0.2, 0.25) is 5.15 Å². The van der Waals surface area contributed by atoms with Crippen LogP contribution < -0.4 is 0 Å². The van der Waals surface area contributed by atoms with Crippen LogP contribution in [0.1, 0.15) is 24.4 Å². The van der Waals surface area contributed by atoms with Gasteiger partial charge in [0, 0.05) is 12.2 Å². The van der Waals surface area contributed by atoms with E-state index in [4.69, 9.17) is 11.6 Å². The van der Waals surface area contributed by atoms with Gasteiger partial charge in [-0.15, -0.1) is 0 Å². The van der Waals surface area contributed by atoms with Gasteiger partial charge in [0.05, 0.1) is 0 Å². The first-order valence-corrected chi connectivity index (χ1v) is 5.11. The predicted octanol–water partition coefficient (Wildman–Crippen LogP) is 2.21. The maximum absolute atomic E-state index is 9.43.